The second-order valence-corrected chi connectivity index (χ2v) is 7.20. The summed E-state index contributed by atoms with van der Waals surface area (Å²) in [5, 5.41) is 7.81. The molecule has 3 heterocycles. The van der Waals surface area contributed by atoms with Gasteiger partial charge in [0.15, 0.2) is 0 Å². The molecule has 1 atom stereocenters. The maximum atomic E-state index is 12.6. The van der Waals surface area contributed by atoms with E-state index < -0.39 is 0 Å². The summed E-state index contributed by atoms with van der Waals surface area (Å²) in [6, 6.07) is 10.6. The lowest BCUT2D eigenvalue weighted by molar-refractivity contribution is -0.130. The Labute approximate surface area is 166 Å². The lowest BCUT2D eigenvalue weighted by Crippen LogP contribution is -2.49. The zero-order chi connectivity index (χ0) is 17.8. The van der Waals surface area contributed by atoms with Gasteiger partial charge in [-0.3, -0.25) is 9.69 Å². The molecule has 2 aliphatic heterocycles. The molecule has 0 saturated carbocycles. The van der Waals surface area contributed by atoms with Gasteiger partial charge < -0.3 is 10.2 Å². The molecule has 7 heteroatoms. The van der Waals surface area contributed by atoms with Crippen molar-refractivity contribution in [2.24, 2.45) is 0 Å². The minimum atomic E-state index is 0. The molecule has 146 valence electrons. The highest BCUT2D eigenvalue weighted by Crippen LogP contribution is 2.18. The quantitative estimate of drug-likeness (QED) is 0.846. The molecule has 0 radical (unpaired) electrons. The number of aryl methyl sites for hydroxylation is 1. The van der Waals surface area contributed by atoms with Crippen molar-refractivity contribution >= 4 is 18.3 Å². The highest BCUT2D eigenvalue weighted by atomic mass is 35.5. The number of carbonyl (C=O) groups excluding carboxylic acids is 1. The number of nitrogens with one attached hydrogen (secondary N) is 1. The van der Waals surface area contributed by atoms with Crippen LogP contribution in [0.5, 0.6) is 0 Å². The average Bonchev–Trinajstić information content (AvgIpc) is 3.37. The van der Waals surface area contributed by atoms with E-state index in [4.69, 9.17) is 0 Å². The Morgan fingerprint density at radius 3 is 2.70 bits per heavy atom. The maximum absolute atomic E-state index is 12.6. The number of likely N-dealkylation sites (tertiary alicyclic amines) is 1. The smallest absolute Gasteiger partial charge is 0.222 e. The van der Waals surface area contributed by atoms with Crippen LogP contribution < -0.4 is 5.32 Å². The van der Waals surface area contributed by atoms with E-state index in [9.17, 15) is 4.79 Å². The standard InChI is InChI=1S/C20H27N5O.ClH/c26-20(24-11-8-19(16-24)23-12-9-21-10-13-23)7-6-17-14-22-25(15-17)18-4-2-1-3-5-18;/h1-5,14-15,19,21H,6-13,16H2;1H. The van der Waals surface area contributed by atoms with Gasteiger partial charge in [0.2, 0.25) is 5.91 Å². The Hall–Kier alpha value is -1.89. The molecular formula is C20H28ClN5O. The molecular weight excluding hydrogens is 362 g/mol. The molecule has 1 N–H and O–H groups in total. The predicted octanol–water partition coefficient (Wildman–Crippen LogP) is 1.73. The third-order valence-electron chi connectivity index (χ3n) is 5.47. The summed E-state index contributed by atoms with van der Waals surface area (Å²) < 4.78 is 1.87. The van der Waals surface area contributed by atoms with Gasteiger partial charge in [-0.25, -0.2) is 4.68 Å². The van der Waals surface area contributed by atoms with Crippen LogP contribution in [0.2, 0.25) is 0 Å². The van der Waals surface area contributed by atoms with Crippen LogP contribution in [0.15, 0.2) is 42.7 Å². The predicted molar refractivity (Wildman–Crippen MR) is 109 cm³/mol. The topological polar surface area (TPSA) is 53.4 Å². The molecule has 2 saturated heterocycles. The molecule has 0 spiro atoms. The van der Waals surface area contributed by atoms with Crippen molar-refractivity contribution in [1.82, 2.24) is 24.9 Å². The average molecular weight is 390 g/mol. The lowest BCUT2D eigenvalue weighted by Gasteiger charge is -2.32. The number of halogens is 1. The van der Waals surface area contributed by atoms with Crippen LogP contribution in [0.4, 0.5) is 0 Å². The summed E-state index contributed by atoms with van der Waals surface area (Å²) in [6.07, 6.45) is 6.32. The van der Waals surface area contributed by atoms with Gasteiger partial charge in [0.05, 0.1) is 11.9 Å². The molecule has 1 aromatic carbocycles. The second kappa shape index (κ2) is 9.35. The first kappa shape index (κ1) is 19.9. The third kappa shape index (κ3) is 4.89. The van der Waals surface area contributed by atoms with Crippen molar-refractivity contribution in [3.63, 3.8) is 0 Å². The number of rotatable bonds is 5. The number of para-hydroxylation sites is 1. The molecule has 1 aromatic heterocycles. The normalized spacial score (nSPS) is 20.4. The number of hydrogen-bond acceptors (Lipinski definition) is 4. The van der Waals surface area contributed by atoms with E-state index in [2.05, 4.69) is 15.3 Å². The molecule has 2 aliphatic rings. The van der Waals surface area contributed by atoms with E-state index in [1.165, 1.54) is 0 Å². The Balaban J connectivity index is 0.00000210. The van der Waals surface area contributed by atoms with Gasteiger partial charge in [-0.2, -0.15) is 5.10 Å². The summed E-state index contributed by atoms with van der Waals surface area (Å²) >= 11 is 0. The number of piperazine rings is 1. The summed E-state index contributed by atoms with van der Waals surface area (Å²) in [5.74, 6) is 0.273. The second-order valence-electron chi connectivity index (χ2n) is 7.20. The van der Waals surface area contributed by atoms with Gasteiger partial charge in [0.1, 0.15) is 0 Å². The summed E-state index contributed by atoms with van der Waals surface area (Å²) in [4.78, 5) is 17.2. The highest BCUT2D eigenvalue weighted by Gasteiger charge is 2.30. The zero-order valence-corrected chi connectivity index (χ0v) is 16.4. The number of amides is 1. The van der Waals surface area contributed by atoms with Gasteiger partial charge in [0.25, 0.3) is 0 Å². The van der Waals surface area contributed by atoms with Crippen molar-refractivity contribution in [2.75, 3.05) is 39.3 Å². The molecule has 0 bridgehead atoms. The first-order valence-electron chi connectivity index (χ1n) is 9.61. The fourth-order valence-corrected chi connectivity index (χ4v) is 3.93. The Morgan fingerprint density at radius 2 is 1.93 bits per heavy atom. The van der Waals surface area contributed by atoms with Crippen LogP contribution in [0.25, 0.3) is 5.69 Å². The molecule has 1 unspecified atom stereocenters. The number of nitrogens with zero attached hydrogens (tertiary/aromatic N) is 4. The first-order valence-corrected chi connectivity index (χ1v) is 9.61. The Bertz CT molecular complexity index is 729. The molecule has 27 heavy (non-hydrogen) atoms. The van der Waals surface area contributed by atoms with Gasteiger partial charge >= 0.3 is 0 Å². The Morgan fingerprint density at radius 1 is 1.15 bits per heavy atom. The molecule has 6 nitrogen and oxygen atoms in total. The van der Waals surface area contributed by atoms with Crippen LogP contribution in [0.1, 0.15) is 18.4 Å². The fraction of sp³-hybridized carbons (Fsp3) is 0.500. The maximum Gasteiger partial charge on any atom is 0.222 e. The summed E-state index contributed by atoms with van der Waals surface area (Å²) in [5.41, 5.74) is 2.16. The van der Waals surface area contributed by atoms with Crippen LogP contribution in [-0.2, 0) is 11.2 Å². The van der Waals surface area contributed by atoms with Crippen LogP contribution in [0, 0.1) is 0 Å². The summed E-state index contributed by atoms with van der Waals surface area (Å²) in [6.45, 7) is 6.13. The number of aromatic nitrogens is 2. The minimum absolute atomic E-state index is 0. The molecule has 2 fully saturated rings. The van der Waals surface area contributed by atoms with Crippen molar-refractivity contribution in [2.45, 2.75) is 25.3 Å². The highest BCUT2D eigenvalue weighted by molar-refractivity contribution is 5.85. The van der Waals surface area contributed by atoms with Gasteiger partial charge in [-0.15, -0.1) is 12.4 Å². The molecule has 4 rings (SSSR count). The van der Waals surface area contributed by atoms with E-state index >= 15 is 0 Å². The van der Waals surface area contributed by atoms with Gasteiger partial charge in [-0.1, -0.05) is 18.2 Å². The van der Waals surface area contributed by atoms with Crippen molar-refractivity contribution in [3.8, 4) is 5.69 Å². The van der Waals surface area contributed by atoms with Crippen LogP contribution in [-0.4, -0.2) is 70.8 Å². The monoisotopic (exact) mass is 389 g/mol. The number of carbonyl (C=O) groups is 1. The zero-order valence-electron chi connectivity index (χ0n) is 15.6. The third-order valence-corrected chi connectivity index (χ3v) is 5.47. The number of hydrogen-bond donors (Lipinski definition) is 1. The van der Waals surface area contributed by atoms with Gasteiger partial charge in [-0.05, 0) is 30.5 Å². The lowest BCUT2D eigenvalue weighted by atomic mass is 10.2. The van der Waals surface area contributed by atoms with Crippen molar-refractivity contribution < 1.29 is 4.79 Å². The largest absolute Gasteiger partial charge is 0.341 e. The van der Waals surface area contributed by atoms with Crippen molar-refractivity contribution in [3.05, 3.63) is 48.3 Å². The molecule has 2 aromatic rings. The number of benzene rings is 1. The minimum Gasteiger partial charge on any atom is -0.341 e. The van der Waals surface area contributed by atoms with E-state index in [1.807, 2.05) is 52.3 Å². The molecule has 1 amide bonds. The van der Waals surface area contributed by atoms with E-state index in [-0.39, 0.29) is 18.3 Å². The Kier molecular flexibility index (Phi) is 6.88. The fourth-order valence-electron chi connectivity index (χ4n) is 3.93. The van der Waals surface area contributed by atoms with E-state index in [1.54, 1.807) is 0 Å². The summed E-state index contributed by atoms with van der Waals surface area (Å²) in [7, 11) is 0. The first-order chi connectivity index (χ1) is 12.8. The van der Waals surface area contributed by atoms with Crippen LogP contribution >= 0.6 is 12.4 Å². The van der Waals surface area contributed by atoms with Crippen molar-refractivity contribution in [1.29, 1.82) is 0 Å². The van der Waals surface area contributed by atoms with Crippen LogP contribution in [0.3, 0.4) is 0 Å². The molecule has 0 aliphatic carbocycles. The SMILES string of the molecule is Cl.O=C(CCc1cnn(-c2ccccc2)c1)N1CCC(N2CCNCC2)C1. The van der Waals surface area contributed by atoms with Gasteiger partial charge in [0, 0.05) is 57.9 Å². The van der Waals surface area contributed by atoms with E-state index in [0.29, 0.717) is 12.5 Å². The van der Waals surface area contributed by atoms with E-state index in [0.717, 1.165) is 63.4 Å².